The van der Waals surface area contributed by atoms with Crippen LogP contribution in [0.3, 0.4) is 0 Å². The van der Waals surface area contributed by atoms with Crippen LogP contribution >= 0.6 is 11.6 Å². The van der Waals surface area contributed by atoms with Crippen molar-refractivity contribution in [3.8, 4) is 5.69 Å². The molecule has 0 unspecified atom stereocenters. The van der Waals surface area contributed by atoms with Crippen molar-refractivity contribution in [2.24, 2.45) is 4.99 Å². The highest BCUT2D eigenvalue weighted by atomic mass is 35.5. The molecular weight excluding hydrogens is 380 g/mol. The summed E-state index contributed by atoms with van der Waals surface area (Å²) in [5.74, 6) is -0.690. The van der Waals surface area contributed by atoms with Gasteiger partial charge in [-0.15, -0.1) is 0 Å². The summed E-state index contributed by atoms with van der Waals surface area (Å²) in [6, 6.07) is 9.89. The molecule has 0 amide bonds. The maximum atomic E-state index is 11.3. The van der Waals surface area contributed by atoms with E-state index < -0.39 is 21.2 Å². The fourth-order valence-corrected chi connectivity index (χ4v) is 2.43. The van der Waals surface area contributed by atoms with Gasteiger partial charge in [0.1, 0.15) is 5.69 Å². The highest BCUT2D eigenvalue weighted by Crippen LogP contribution is 2.23. The van der Waals surface area contributed by atoms with Gasteiger partial charge in [-0.1, -0.05) is 16.4 Å². The van der Waals surface area contributed by atoms with Crippen molar-refractivity contribution in [3.05, 3.63) is 78.8 Å². The summed E-state index contributed by atoms with van der Waals surface area (Å²) in [5, 5.41) is 36.7. The van der Waals surface area contributed by atoms with Gasteiger partial charge in [-0.05, 0) is 52.5 Å². The molecule has 1 N–H and O–H groups in total. The summed E-state index contributed by atoms with van der Waals surface area (Å²) in [6.07, 6.45) is 0. The molecule has 138 valence electrons. The molecule has 0 atom stereocenters. The third-order valence-corrected chi connectivity index (χ3v) is 3.86. The Kier molecular flexibility index (Phi) is 4.60. The minimum absolute atomic E-state index is 0.144. The molecule has 2 aromatic carbocycles. The van der Waals surface area contributed by atoms with Gasteiger partial charge in [-0.2, -0.15) is 0 Å². The van der Waals surface area contributed by atoms with Crippen molar-refractivity contribution in [1.82, 2.24) is 14.7 Å². The van der Waals surface area contributed by atoms with Gasteiger partial charge in [0.25, 0.3) is 11.2 Å². The van der Waals surface area contributed by atoms with E-state index in [4.69, 9.17) is 11.6 Å². The van der Waals surface area contributed by atoms with Crippen molar-refractivity contribution in [1.29, 1.82) is 0 Å². The van der Waals surface area contributed by atoms with E-state index in [1.54, 1.807) is 6.92 Å². The van der Waals surface area contributed by atoms with Crippen molar-refractivity contribution in [2.75, 3.05) is 0 Å². The Balaban J connectivity index is 2.20. The molecule has 0 aliphatic heterocycles. The maximum Gasteiger partial charge on any atom is 0.438 e. The average Bonchev–Trinajstić information content (AvgIpc) is 2.94. The van der Waals surface area contributed by atoms with Gasteiger partial charge >= 0.3 is 5.82 Å². The fourth-order valence-electron chi connectivity index (χ4n) is 2.30. The quantitative estimate of drug-likeness (QED) is 0.412. The molecule has 0 saturated heterocycles. The van der Waals surface area contributed by atoms with Crippen molar-refractivity contribution < 1.29 is 15.1 Å². The molecule has 12 heteroatoms. The van der Waals surface area contributed by atoms with Crippen LogP contribution < -0.4 is 5.49 Å². The summed E-state index contributed by atoms with van der Waals surface area (Å²) in [6.45, 7) is 1.56. The lowest BCUT2D eigenvalue weighted by atomic mass is 10.2. The largest absolute Gasteiger partial charge is 0.438 e. The molecule has 3 rings (SSSR count). The van der Waals surface area contributed by atoms with Crippen LogP contribution in [0.15, 0.2) is 47.5 Å². The van der Waals surface area contributed by atoms with E-state index in [1.807, 2.05) is 0 Å². The number of halogens is 1. The van der Waals surface area contributed by atoms with E-state index in [-0.39, 0.29) is 11.4 Å². The molecule has 27 heavy (non-hydrogen) atoms. The van der Waals surface area contributed by atoms with E-state index in [0.29, 0.717) is 21.1 Å². The third kappa shape index (κ3) is 3.48. The predicted molar refractivity (Wildman–Crippen MR) is 93.5 cm³/mol. The Morgan fingerprint density at radius 3 is 2.33 bits per heavy atom. The normalized spacial score (nSPS) is 11.6. The number of aromatic nitrogens is 3. The Bertz CT molecular complexity index is 1120. The molecule has 0 aliphatic rings. The van der Waals surface area contributed by atoms with Crippen molar-refractivity contribution in [3.63, 3.8) is 0 Å². The lowest BCUT2D eigenvalue weighted by Gasteiger charge is -2.01. The number of nitro groups is 2. The number of benzene rings is 2. The maximum absolute atomic E-state index is 11.3. The van der Waals surface area contributed by atoms with Crippen LogP contribution in [0, 0.1) is 27.2 Å². The van der Waals surface area contributed by atoms with E-state index in [0.717, 1.165) is 4.80 Å². The first-order valence-electron chi connectivity index (χ1n) is 7.39. The molecule has 1 aromatic heterocycles. The van der Waals surface area contributed by atoms with Gasteiger partial charge in [0.05, 0.1) is 15.7 Å². The second-order valence-corrected chi connectivity index (χ2v) is 5.84. The Hall–Kier alpha value is -3.73. The molecular formula is C15H11ClN6O5. The van der Waals surface area contributed by atoms with Gasteiger partial charge in [-0.3, -0.25) is 10.1 Å². The number of aryl methyl sites for hydroxylation is 1. The zero-order chi connectivity index (χ0) is 19.7. The number of hydrogen-bond acceptors (Lipinski definition) is 7. The van der Waals surface area contributed by atoms with E-state index in [9.17, 15) is 25.4 Å². The molecule has 0 saturated carbocycles. The minimum atomic E-state index is -0.793. The molecule has 3 aromatic rings. The lowest BCUT2D eigenvalue weighted by Crippen LogP contribution is -2.22. The molecule has 0 spiro atoms. The van der Waals surface area contributed by atoms with Crippen molar-refractivity contribution >= 4 is 28.8 Å². The first-order valence-corrected chi connectivity index (χ1v) is 7.77. The molecule has 0 radical (unpaired) electrons. The number of nitrogens with zero attached hydrogens (tertiary/aromatic N) is 6. The molecule has 11 nitrogen and oxygen atoms in total. The summed E-state index contributed by atoms with van der Waals surface area (Å²) in [7, 11) is 0. The molecule has 0 aliphatic carbocycles. The number of non-ortho nitro benzene ring substituents is 1. The highest BCUT2D eigenvalue weighted by Gasteiger charge is 2.24. The average molecular weight is 391 g/mol. The Morgan fingerprint density at radius 1 is 1.11 bits per heavy atom. The van der Waals surface area contributed by atoms with E-state index in [2.05, 4.69) is 10.1 Å². The van der Waals surface area contributed by atoms with Crippen LogP contribution in [0.1, 0.15) is 5.56 Å². The second-order valence-electron chi connectivity index (χ2n) is 5.40. The summed E-state index contributed by atoms with van der Waals surface area (Å²) >= 11 is 5.81. The van der Waals surface area contributed by atoms with Crippen LogP contribution in [0.5, 0.6) is 0 Å². The Morgan fingerprint density at radius 2 is 1.78 bits per heavy atom. The molecule has 1 heterocycles. The summed E-state index contributed by atoms with van der Waals surface area (Å²) in [5.41, 5.74) is 0.341. The van der Waals surface area contributed by atoms with Crippen LogP contribution in [-0.2, 0) is 0 Å². The zero-order valence-electron chi connectivity index (χ0n) is 13.7. The van der Waals surface area contributed by atoms with Gasteiger partial charge in [0.2, 0.25) is 0 Å². The smallest absolute Gasteiger partial charge is 0.409 e. The fraction of sp³-hybridized carbons (Fsp3) is 0.0667. The standard InChI is InChI=1S/C15H11ClN6O5/c1-9-8-12(21(24)25)6-7-13(9)17-14-15(22(26)27)18-19(20(14)23)11-4-2-10(16)3-5-11/h2-8,23H,1H3. The van der Waals surface area contributed by atoms with Crippen molar-refractivity contribution in [2.45, 2.75) is 6.92 Å². The lowest BCUT2D eigenvalue weighted by molar-refractivity contribution is -0.391. The second kappa shape index (κ2) is 6.88. The van der Waals surface area contributed by atoms with Crippen LogP contribution in [0.2, 0.25) is 5.02 Å². The monoisotopic (exact) mass is 390 g/mol. The predicted octanol–water partition coefficient (Wildman–Crippen LogP) is 2.92. The molecule has 0 fully saturated rings. The summed E-state index contributed by atoms with van der Waals surface area (Å²) in [4.78, 5) is 26.2. The van der Waals surface area contributed by atoms with Crippen LogP contribution in [-0.4, -0.2) is 29.8 Å². The summed E-state index contributed by atoms with van der Waals surface area (Å²) < 4.78 is 0. The Labute approximate surface area is 155 Å². The zero-order valence-corrected chi connectivity index (χ0v) is 14.4. The molecule has 0 bridgehead atoms. The van der Waals surface area contributed by atoms with Crippen LogP contribution in [0.4, 0.5) is 17.2 Å². The first-order chi connectivity index (χ1) is 12.8. The van der Waals surface area contributed by atoms with Gasteiger partial charge in [-0.25, -0.2) is 4.99 Å². The number of rotatable bonds is 4. The number of hydrogen-bond donors (Lipinski definition) is 1. The van der Waals surface area contributed by atoms with Gasteiger partial charge < -0.3 is 15.3 Å². The number of nitro benzene ring substituents is 1. The van der Waals surface area contributed by atoms with Crippen LogP contribution in [0.25, 0.3) is 5.69 Å². The highest BCUT2D eigenvalue weighted by molar-refractivity contribution is 6.30. The minimum Gasteiger partial charge on any atom is -0.409 e. The SMILES string of the molecule is Cc1cc([N+](=O)[O-])ccc1N=c1c([N+](=O)[O-])nn(-c2ccc(Cl)cc2)n1O. The van der Waals surface area contributed by atoms with E-state index >= 15 is 0 Å². The third-order valence-electron chi connectivity index (χ3n) is 3.61. The first kappa shape index (κ1) is 18.1. The van der Waals surface area contributed by atoms with E-state index in [1.165, 1.54) is 42.5 Å². The van der Waals surface area contributed by atoms with Gasteiger partial charge in [0, 0.05) is 17.2 Å². The van der Waals surface area contributed by atoms with Gasteiger partial charge in [0.15, 0.2) is 0 Å². The topological polar surface area (TPSA) is 142 Å².